The van der Waals surface area contributed by atoms with Gasteiger partial charge in [0.15, 0.2) is 0 Å². The Labute approximate surface area is 181 Å². The molecule has 0 amide bonds. The van der Waals surface area contributed by atoms with Gasteiger partial charge in [-0.1, -0.05) is 24.3 Å². The number of carbonyl (C=O) groups is 1. The molecule has 2 bridgehead atoms. The molecule has 168 valence electrons. The van der Waals surface area contributed by atoms with Gasteiger partial charge in [-0.05, 0) is 49.7 Å². The van der Waals surface area contributed by atoms with Crippen molar-refractivity contribution in [2.45, 2.75) is 57.2 Å². The molecular weight excluding hydrogens is 424 g/mol. The van der Waals surface area contributed by atoms with Gasteiger partial charge in [-0.25, -0.2) is 8.42 Å². The summed E-state index contributed by atoms with van der Waals surface area (Å²) in [6, 6.07) is 5.85. The van der Waals surface area contributed by atoms with Crippen LogP contribution in [0.1, 0.15) is 44.1 Å². The van der Waals surface area contributed by atoms with Crippen molar-refractivity contribution in [1.29, 1.82) is 0 Å². The van der Waals surface area contributed by atoms with Crippen molar-refractivity contribution in [3.8, 4) is 0 Å². The summed E-state index contributed by atoms with van der Waals surface area (Å²) in [6.45, 7) is 0. The molecule has 0 spiro atoms. The summed E-state index contributed by atoms with van der Waals surface area (Å²) in [6.07, 6.45) is 7.33. The monoisotopic (exact) mass is 450 g/mol. The highest BCUT2D eigenvalue weighted by molar-refractivity contribution is 7.89. The van der Waals surface area contributed by atoms with Gasteiger partial charge in [-0.2, -0.15) is 0 Å². The fourth-order valence-corrected chi connectivity index (χ4v) is 5.02. The van der Waals surface area contributed by atoms with Crippen LogP contribution >= 0.6 is 0 Å². The summed E-state index contributed by atoms with van der Waals surface area (Å²) in [4.78, 5) is 20.8. The maximum absolute atomic E-state index is 12.7. The van der Waals surface area contributed by atoms with Gasteiger partial charge in [0.2, 0.25) is 10.0 Å². The number of hydrogen-bond donors (Lipinski definition) is 2. The van der Waals surface area contributed by atoms with E-state index in [0.29, 0.717) is 30.5 Å². The number of nitro benzene ring substituents is 1. The van der Waals surface area contributed by atoms with Crippen LogP contribution in [0.25, 0.3) is 0 Å². The molecule has 1 aromatic rings. The van der Waals surface area contributed by atoms with E-state index >= 15 is 0 Å². The first kappa shape index (κ1) is 23.0. The Bertz CT molecular complexity index is 983. The molecule has 2 aliphatic heterocycles. The lowest BCUT2D eigenvalue weighted by Gasteiger charge is -2.18. The van der Waals surface area contributed by atoms with Crippen LogP contribution in [-0.2, 0) is 26.0 Å². The topological polar surface area (TPSA) is 136 Å². The predicted octanol–water partition coefficient (Wildman–Crippen LogP) is 3.07. The number of aliphatic carboxylic acids is 1. The number of nitrogens with one attached hydrogen (secondary N) is 1. The average molecular weight is 451 g/mol. The Morgan fingerprint density at radius 3 is 2.61 bits per heavy atom. The number of rotatable bonds is 12. The molecule has 0 aromatic heterocycles. The van der Waals surface area contributed by atoms with E-state index in [4.69, 9.17) is 9.84 Å². The molecule has 10 heteroatoms. The molecule has 0 radical (unpaired) electrons. The maximum atomic E-state index is 12.7. The standard InChI is InChI=1S/C21H26N2O7S/c24-20(25)6-4-2-1-3-5-17-18-11-12-19(30-18)21(17)22-31(28,29)14-13-15-7-9-16(10-8-15)23(26)27/h1,3,7-10,18-19,22H,2,4-6,11-14H2,(H,24,25). The largest absolute Gasteiger partial charge is 0.481 e. The summed E-state index contributed by atoms with van der Waals surface area (Å²) in [5.41, 5.74) is 2.23. The predicted molar refractivity (Wildman–Crippen MR) is 114 cm³/mol. The second kappa shape index (κ2) is 10.1. The van der Waals surface area contributed by atoms with E-state index in [2.05, 4.69) is 4.72 Å². The second-order valence-corrected chi connectivity index (χ2v) is 9.53. The van der Waals surface area contributed by atoms with Crippen LogP contribution in [0, 0.1) is 10.1 Å². The van der Waals surface area contributed by atoms with Crippen molar-refractivity contribution in [2.75, 3.05) is 5.75 Å². The number of aryl methyl sites for hydroxylation is 1. The number of carboxylic acids is 1. The fourth-order valence-electron chi connectivity index (χ4n) is 3.81. The number of benzene rings is 1. The molecule has 2 N–H and O–H groups in total. The summed E-state index contributed by atoms with van der Waals surface area (Å²) in [7, 11) is -3.60. The van der Waals surface area contributed by atoms with Gasteiger partial charge < -0.3 is 9.84 Å². The van der Waals surface area contributed by atoms with E-state index in [1.807, 2.05) is 12.2 Å². The van der Waals surface area contributed by atoms with Crippen LogP contribution in [0.15, 0.2) is 47.7 Å². The molecule has 0 saturated carbocycles. The highest BCUT2D eigenvalue weighted by Crippen LogP contribution is 2.40. The van der Waals surface area contributed by atoms with Gasteiger partial charge in [0.25, 0.3) is 5.69 Å². The SMILES string of the molecule is O=C(O)CCCC=CCC1=C(NS(=O)(=O)CCc2ccc([N+](=O)[O-])cc2)C2CCC1O2. The maximum Gasteiger partial charge on any atom is 0.303 e. The third-order valence-corrected chi connectivity index (χ3v) is 6.69. The third-order valence-electron chi connectivity index (χ3n) is 5.41. The number of fused-ring (bicyclic) bond motifs is 2. The van der Waals surface area contributed by atoms with Gasteiger partial charge in [0, 0.05) is 18.6 Å². The van der Waals surface area contributed by atoms with Crippen LogP contribution in [0.5, 0.6) is 0 Å². The number of ether oxygens (including phenoxy) is 1. The average Bonchev–Trinajstić information content (AvgIpc) is 3.31. The molecule has 1 saturated heterocycles. The van der Waals surface area contributed by atoms with Crippen molar-refractivity contribution in [3.63, 3.8) is 0 Å². The molecule has 2 unspecified atom stereocenters. The van der Waals surface area contributed by atoms with Crippen molar-refractivity contribution in [3.05, 3.63) is 63.4 Å². The fraction of sp³-hybridized carbons (Fsp3) is 0.476. The lowest BCUT2D eigenvalue weighted by Crippen LogP contribution is -2.32. The van der Waals surface area contributed by atoms with Gasteiger partial charge >= 0.3 is 5.97 Å². The highest BCUT2D eigenvalue weighted by Gasteiger charge is 2.41. The molecule has 2 atom stereocenters. The van der Waals surface area contributed by atoms with Crippen LogP contribution < -0.4 is 4.72 Å². The molecule has 0 aliphatic carbocycles. The lowest BCUT2D eigenvalue weighted by molar-refractivity contribution is -0.384. The van der Waals surface area contributed by atoms with Crippen LogP contribution in [0.3, 0.4) is 0 Å². The van der Waals surface area contributed by atoms with Crippen LogP contribution in [0.4, 0.5) is 5.69 Å². The zero-order valence-corrected chi connectivity index (χ0v) is 17.8. The summed E-state index contributed by atoms with van der Waals surface area (Å²) in [5, 5.41) is 19.4. The summed E-state index contributed by atoms with van der Waals surface area (Å²) < 4.78 is 33.9. The van der Waals surface area contributed by atoms with Crippen molar-refractivity contribution in [1.82, 2.24) is 4.72 Å². The number of nitro groups is 1. The van der Waals surface area contributed by atoms with Gasteiger partial charge in [0.1, 0.15) is 0 Å². The van der Waals surface area contributed by atoms with Crippen LogP contribution in [0.2, 0.25) is 0 Å². The summed E-state index contributed by atoms with van der Waals surface area (Å²) >= 11 is 0. The third kappa shape index (κ3) is 6.38. The van der Waals surface area contributed by atoms with E-state index in [9.17, 15) is 23.3 Å². The number of unbranched alkanes of at least 4 members (excludes halogenated alkanes) is 1. The quantitative estimate of drug-likeness (QED) is 0.216. The molecule has 1 fully saturated rings. The molecule has 2 aliphatic rings. The Morgan fingerprint density at radius 1 is 1.23 bits per heavy atom. The minimum atomic E-state index is -3.60. The van der Waals surface area contributed by atoms with Crippen molar-refractivity contribution in [2.24, 2.45) is 0 Å². The Hall–Kier alpha value is -2.72. The zero-order valence-electron chi connectivity index (χ0n) is 17.0. The molecule has 3 rings (SSSR count). The number of hydrogen-bond acceptors (Lipinski definition) is 6. The minimum absolute atomic E-state index is 0.0327. The van der Waals surface area contributed by atoms with E-state index < -0.39 is 20.9 Å². The lowest BCUT2D eigenvalue weighted by atomic mass is 9.94. The minimum Gasteiger partial charge on any atom is -0.481 e. The van der Waals surface area contributed by atoms with Crippen LogP contribution in [-0.4, -0.2) is 42.4 Å². The van der Waals surface area contributed by atoms with Gasteiger partial charge in [0.05, 0.1) is 28.6 Å². The number of allylic oxidation sites excluding steroid dienone is 2. The van der Waals surface area contributed by atoms with E-state index in [1.54, 1.807) is 12.1 Å². The van der Waals surface area contributed by atoms with Gasteiger partial charge in [-0.15, -0.1) is 0 Å². The normalized spacial score (nSPS) is 20.5. The number of carboxylic acid groups (broad SMARTS) is 1. The number of nitrogens with zero attached hydrogens (tertiary/aromatic N) is 1. The highest BCUT2D eigenvalue weighted by atomic mass is 32.2. The summed E-state index contributed by atoms with van der Waals surface area (Å²) in [5.74, 6) is -0.952. The molecule has 1 aromatic carbocycles. The second-order valence-electron chi connectivity index (χ2n) is 7.69. The van der Waals surface area contributed by atoms with E-state index in [-0.39, 0.29) is 36.5 Å². The molecule has 31 heavy (non-hydrogen) atoms. The van der Waals surface area contributed by atoms with Crippen molar-refractivity contribution >= 4 is 21.7 Å². The van der Waals surface area contributed by atoms with E-state index in [0.717, 1.165) is 18.4 Å². The first-order valence-electron chi connectivity index (χ1n) is 10.2. The van der Waals surface area contributed by atoms with E-state index in [1.165, 1.54) is 12.1 Å². The number of sulfonamides is 1. The Kier molecular flexibility index (Phi) is 7.45. The first-order valence-corrected chi connectivity index (χ1v) is 11.9. The smallest absolute Gasteiger partial charge is 0.303 e. The zero-order chi connectivity index (χ0) is 22.4. The first-order chi connectivity index (χ1) is 14.7. The Balaban J connectivity index is 1.58. The number of non-ortho nitro benzene ring substituents is 1. The molecule has 9 nitrogen and oxygen atoms in total. The van der Waals surface area contributed by atoms with Gasteiger partial charge in [-0.3, -0.25) is 19.6 Å². The molecule has 2 heterocycles. The molecular formula is C21H26N2O7S. The Morgan fingerprint density at radius 2 is 1.94 bits per heavy atom. The van der Waals surface area contributed by atoms with Crippen molar-refractivity contribution < 1.29 is 28.0 Å².